The Balaban J connectivity index is 1.73. The van der Waals surface area contributed by atoms with E-state index in [1.165, 1.54) is 12.1 Å². The molecule has 0 spiro atoms. The average molecular weight is 391 g/mol. The molecule has 0 saturated heterocycles. The highest BCUT2D eigenvalue weighted by molar-refractivity contribution is 5.90. The van der Waals surface area contributed by atoms with Gasteiger partial charge in [0.05, 0.1) is 23.5 Å². The largest absolute Gasteiger partial charge is 0.462 e. The van der Waals surface area contributed by atoms with E-state index in [1.54, 1.807) is 13.0 Å². The summed E-state index contributed by atoms with van der Waals surface area (Å²) in [6.07, 6.45) is 0. The highest BCUT2D eigenvalue weighted by Crippen LogP contribution is 2.26. The molecule has 0 unspecified atom stereocenters. The smallest absolute Gasteiger partial charge is 0.341 e. The minimum absolute atomic E-state index is 0.0682. The van der Waals surface area contributed by atoms with E-state index in [2.05, 4.69) is 10.2 Å². The van der Waals surface area contributed by atoms with E-state index in [1.807, 2.05) is 67.5 Å². The van der Waals surface area contributed by atoms with Gasteiger partial charge in [0.1, 0.15) is 5.82 Å². The van der Waals surface area contributed by atoms with E-state index < -0.39 is 11.8 Å². The molecule has 0 heterocycles. The first-order chi connectivity index (χ1) is 14.0. The predicted octanol–water partition coefficient (Wildman–Crippen LogP) is 6.15. The number of hydrogen-bond acceptors (Lipinski definition) is 5. The summed E-state index contributed by atoms with van der Waals surface area (Å²) >= 11 is 0. The zero-order chi connectivity index (χ0) is 20.8. The molecule has 0 amide bonds. The van der Waals surface area contributed by atoms with Crippen molar-refractivity contribution in [1.82, 2.24) is 0 Å². The van der Waals surface area contributed by atoms with E-state index in [0.717, 1.165) is 16.9 Å². The SMILES string of the molecule is CCOC(=O)c1ccc(-c2ccc(N=Nc3ccc(N(C)C)cc3)cc2)cc1F. The predicted molar refractivity (Wildman–Crippen MR) is 113 cm³/mol. The fourth-order valence-electron chi connectivity index (χ4n) is 2.72. The third kappa shape index (κ3) is 5.04. The van der Waals surface area contributed by atoms with Crippen molar-refractivity contribution in [2.24, 2.45) is 10.2 Å². The van der Waals surface area contributed by atoms with Gasteiger partial charge in [-0.15, -0.1) is 0 Å². The normalized spacial score (nSPS) is 10.9. The quantitative estimate of drug-likeness (QED) is 0.374. The Labute approximate surface area is 169 Å². The van der Waals surface area contributed by atoms with Gasteiger partial charge in [0, 0.05) is 19.8 Å². The van der Waals surface area contributed by atoms with Crippen LogP contribution in [0.2, 0.25) is 0 Å². The number of anilines is 1. The van der Waals surface area contributed by atoms with Crippen LogP contribution < -0.4 is 4.90 Å². The number of nitrogens with zero attached hydrogens (tertiary/aromatic N) is 3. The van der Waals surface area contributed by atoms with Crippen LogP contribution >= 0.6 is 0 Å². The molecule has 3 rings (SSSR count). The van der Waals surface area contributed by atoms with Crippen molar-refractivity contribution in [3.8, 4) is 11.1 Å². The molecule has 0 bridgehead atoms. The molecule has 0 fully saturated rings. The number of benzene rings is 3. The second kappa shape index (κ2) is 9.10. The van der Waals surface area contributed by atoms with Crippen LogP contribution in [0.5, 0.6) is 0 Å². The van der Waals surface area contributed by atoms with Crippen LogP contribution in [0.4, 0.5) is 21.5 Å². The van der Waals surface area contributed by atoms with E-state index in [-0.39, 0.29) is 12.2 Å². The van der Waals surface area contributed by atoms with E-state index in [9.17, 15) is 9.18 Å². The van der Waals surface area contributed by atoms with E-state index >= 15 is 0 Å². The standard InChI is InChI=1S/C23H22FN3O2/c1-4-29-23(28)21-14-7-17(15-22(21)24)16-5-8-18(9-6-16)25-26-19-10-12-20(13-11-19)27(2)3/h5-15H,4H2,1-3H3. The van der Waals surface area contributed by atoms with Crippen molar-refractivity contribution in [3.63, 3.8) is 0 Å². The summed E-state index contributed by atoms with van der Waals surface area (Å²) in [6, 6.07) is 19.5. The zero-order valence-corrected chi connectivity index (χ0v) is 16.6. The van der Waals surface area contributed by atoms with Gasteiger partial charge in [0.25, 0.3) is 0 Å². The Bertz CT molecular complexity index is 1010. The van der Waals surface area contributed by atoms with Gasteiger partial charge in [-0.05, 0) is 66.6 Å². The molecule has 0 aliphatic carbocycles. The molecule has 3 aromatic rings. The molecule has 5 nitrogen and oxygen atoms in total. The van der Waals surface area contributed by atoms with Crippen LogP contribution in [0.1, 0.15) is 17.3 Å². The monoisotopic (exact) mass is 391 g/mol. The first-order valence-corrected chi connectivity index (χ1v) is 9.24. The lowest BCUT2D eigenvalue weighted by Crippen LogP contribution is -2.07. The van der Waals surface area contributed by atoms with Crippen molar-refractivity contribution >= 4 is 23.0 Å². The molecule has 0 aliphatic rings. The van der Waals surface area contributed by atoms with Crippen LogP contribution in [0.25, 0.3) is 11.1 Å². The molecule has 0 N–H and O–H groups in total. The number of ether oxygens (including phenoxy) is 1. The fraction of sp³-hybridized carbons (Fsp3) is 0.174. The zero-order valence-electron chi connectivity index (χ0n) is 16.6. The summed E-state index contributed by atoms with van der Waals surface area (Å²) in [6.45, 7) is 1.89. The molecule has 0 saturated carbocycles. The lowest BCUT2D eigenvalue weighted by molar-refractivity contribution is 0.0521. The Kier molecular flexibility index (Phi) is 6.34. The summed E-state index contributed by atoms with van der Waals surface area (Å²) in [5.74, 6) is -1.27. The highest BCUT2D eigenvalue weighted by Gasteiger charge is 2.13. The van der Waals surface area contributed by atoms with Crippen LogP contribution in [-0.2, 0) is 4.74 Å². The summed E-state index contributed by atoms with van der Waals surface area (Å²) in [5.41, 5.74) is 3.95. The molecule has 148 valence electrons. The maximum Gasteiger partial charge on any atom is 0.341 e. The Morgan fingerprint density at radius 3 is 1.97 bits per heavy atom. The van der Waals surface area contributed by atoms with Gasteiger partial charge in [-0.1, -0.05) is 18.2 Å². The van der Waals surface area contributed by atoms with Crippen molar-refractivity contribution < 1.29 is 13.9 Å². The number of azo groups is 1. The topological polar surface area (TPSA) is 54.3 Å². The summed E-state index contributed by atoms with van der Waals surface area (Å²) in [7, 11) is 3.96. The highest BCUT2D eigenvalue weighted by atomic mass is 19.1. The minimum atomic E-state index is -0.661. The number of halogens is 1. The van der Waals surface area contributed by atoms with Crippen LogP contribution in [0.3, 0.4) is 0 Å². The van der Waals surface area contributed by atoms with Gasteiger partial charge in [-0.3, -0.25) is 0 Å². The summed E-state index contributed by atoms with van der Waals surface area (Å²) in [5, 5.41) is 8.47. The maximum absolute atomic E-state index is 14.2. The van der Waals surface area contributed by atoms with E-state index in [4.69, 9.17) is 4.74 Å². The molecule has 6 heteroatoms. The van der Waals surface area contributed by atoms with Crippen molar-refractivity contribution in [1.29, 1.82) is 0 Å². The van der Waals surface area contributed by atoms with Gasteiger partial charge in [-0.25, -0.2) is 9.18 Å². The molecule has 0 aliphatic heterocycles. The molecule has 3 aromatic carbocycles. The number of esters is 1. The third-order valence-corrected chi connectivity index (χ3v) is 4.31. The van der Waals surface area contributed by atoms with Crippen LogP contribution in [0, 0.1) is 5.82 Å². The minimum Gasteiger partial charge on any atom is -0.462 e. The molecule has 0 atom stereocenters. The summed E-state index contributed by atoms with van der Waals surface area (Å²) < 4.78 is 19.1. The number of hydrogen-bond donors (Lipinski definition) is 0. The lowest BCUT2D eigenvalue weighted by Gasteiger charge is -2.11. The second-order valence-electron chi connectivity index (χ2n) is 6.57. The van der Waals surface area contributed by atoms with Gasteiger partial charge < -0.3 is 9.64 Å². The second-order valence-corrected chi connectivity index (χ2v) is 6.57. The summed E-state index contributed by atoms with van der Waals surface area (Å²) in [4.78, 5) is 13.7. The third-order valence-electron chi connectivity index (χ3n) is 4.31. The van der Waals surface area contributed by atoms with Gasteiger partial charge in [-0.2, -0.15) is 10.2 Å². The number of rotatable bonds is 6. The fourth-order valence-corrected chi connectivity index (χ4v) is 2.72. The maximum atomic E-state index is 14.2. The Morgan fingerprint density at radius 1 is 0.897 bits per heavy atom. The van der Waals surface area contributed by atoms with Gasteiger partial charge in [0.2, 0.25) is 0 Å². The molecule has 0 aromatic heterocycles. The van der Waals surface area contributed by atoms with Crippen molar-refractivity contribution in [2.45, 2.75) is 6.92 Å². The molecule has 0 radical (unpaired) electrons. The lowest BCUT2D eigenvalue weighted by atomic mass is 10.0. The van der Waals surface area contributed by atoms with Crippen LogP contribution in [0.15, 0.2) is 77.0 Å². The first kappa shape index (κ1) is 20.2. The Hall–Kier alpha value is -3.54. The number of carbonyl (C=O) groups excluding carboxylic acids is 1. The Morgan fingerprint density at radius 2 is 1.45 bits per heavy atom. The van der Waals surface area contributed by atoms with E-state index in [0.29, 0.717) is 11.3 Å². The molecular weight excluding hydrogens is 369 g/mol. The van der Waals surface area contributed by atoms with Gasteiger partial charge >= 0.3 is 5.97 Å². The number of carbonyl (C=O) groups is 1. The average Bonchev–Trinajstić information content (AvgIpc) is 2.73. The molecular formula is C23H22FN3O2. The van der Waals surface area contributed by atoms with Crippen LogP contribution in [-0.4, -0.2) is 26.7 Å². The first-order valence-electron chi connectivity index (χ1n) is 9.24. The van der Waals surface area contributed by atoms with Gasteiger partial charge in [0.15, 0.2) is 0 Å². The van der Waals surface area contributed by atoms with Crippen molar-refractivity contribution in [3.05, 3.63) is 78.1 Å². The van der Waals surface area contributed by atoms with Crippen molar-refractivity contribution in [2.75, 3.05) is 25.6 Å². The molecule has 29 heavy (non-hydrogen) atoms.